The molecule has 1 N–H and O–H groups in total. The second-order valence-corrected chi connectivity index (χ2v) is 2.59. The smallest absolute Gasteiger partial charge is 0.210 e. The Bertz CT molecular complexity index is 105. The summed E-state index contributed by atoms with van der Waals surface area (Å²) in [5, 5.41) is 3.13. The van der Waals surface area contributed by atoms with Crippen LogP contribution in [-0.4, -0.2) is 31.1 Å². The highest BCUT2D eigenvalue weighted by atomic mass is 16.1. The summed E-state index contributed by atoms with van der Waals surface area (Å²) in [5.41, 5.74) is 0. The molecule has 0 aromatic heterocycles. The van der Waals surface area contributed by atoms with Crippen LogP contribution in [-0.2, 0) is 4.79 Å². The molecule has 1 aliphatic heterocycles. The minimum Gasteiger partial charge on any atom is -0.332 e. The van der Waals surface area contributed by atoms with Crippen LogP contribution in [0.4, 0.5) is 0 Å². The van der Waals surface area contributed by atoms with Crippen molar-refractivity contribution in [3.05, 3.63) is 0 Å². The molecule has 1 heterocycles. The van der Waals surface area contributed by atoms with Gasteiger partial charge in [-0.05, 0) is 5.92 Å². The Morgan fingerprint density at radius 2 is 2.56 bits per heavy atom. The number of carbonyl (C=O) groups excluding carboxylic acids is 1. The first-order chi connectivity index (χ1) is 4.33. The first-order valence-corrected chi connectivity index (χ1v) is 3.23. The van der Waals surface area contributed by atoms with Gasteiger partial charge in [0.15, 0.2) is 0 Å². The van der Waals surface area contributed by atoms with Crippen molar-refractivity contribution in [2.75, 3.05) is 19.8 Å². The number of rotatable bonds is 1. The number of hydrogen-bond acceptors (Lipinski definition) is 2. The Balaban J connectivity index is 2.31. The van der Waals surface area contributed by atoms with Gasteiger partial charge < -0.3 is 4.90 Å². The normalized spacial score (nSPS) is 28.1. The van der Waals surface area contributed by atoms with Crippen molar-refractivity contribution in [3.63, 3.8) is 0 Å². The van der Waals surface area contributed by atoms with Gasteiger partial charge in [0, 0.05) is 13.1 Å². The maximum atomic E-state index is 10.2. The fourth-order valence-electron chi connectivity index (χ4n) is 1.06. The third kappa shape index (κ3) is 1.68. The van der Waals surface area contributed by atoms with Gasteiger partial charge in [-0.1, -0.05) is 6.92 Å². The van der Waals surface area contributed by atoms with Gasteiger partial charge in [0.2, 0.25) is 6.41 Å². The minimum absolute atomic E-state index is 0.601. The summed E-state index contributed by atoms with van der Waals surface area (Å²) >= 11 is 0. The molecule has 0 saturated carbocycles. The lowest BCUT2D eigenvalue weighted by Gasteiger charge is -2.28. The van der Waals surface area contributed by atoms with E-state index >= 15 is 0 Å². The van der Waals surface area contributed by atoms with Gasteiger partial charge >= 0.3 is 0 Å². The quantitative estimate of drug-likeness (QED) is 0.489. The zero-order valence-electron chi connectivity index (χ0n) is 5.63. The van der Waals surface area contributed by atoms with Crippen molar-refractivity contribution in [3.8, 4) is 0 Å². The molecule has 52 valence electrons. The zero-order chi connectivity index (χ0) is 6.69. The second-order valence-electron chi connectivity index (χ2n) is 2.59. The van der Waals surface area contributed by atoms with Crippen LogP contribution in [0.25, 0.3) is 0 Å². The highest BCUT2D eigenvalue weighted by Crippen LogP contribution is 1.99. The fourth-order valence-corrected chi connectivity index (χ4v) is 1.06. The molecule has 9 heavy (non-hydrogen) atoms. The van der Waals surface area contributed by atoms with E-state index in [4.69, 9.17) is 0 Å². The molecule has 3 heteroatoms. The summed E-state index contributed by atoms with van der Waals surface area (Å²) in [6.07, 6.45) is 0.892. The molecule has 0 aromatic carbocycles. The summed E-state index contributed by atoms with van der Waals surface area (Å²) in [5.74, 6) is 0.601. The number of carbonyl (C=O) groups is 1. The van der Waals surface area contributed by atoms with Crippen LogP contribution in [0.2, 0.25) is 0 Å². The lowest BCUT2D eigenvalue weighted by molar-refractivity contribution is -0.119. The Morgan fingerprint density at radius 1 is 1.78 bits per heavy atom. The lowest BCUT2D eigenvalue weighted by atomic mass is 10.1. The predicted octanol–water partition coefficient (Wildman–Crippen LogP) is -0.358. The van der Waals surface area contributed by atoms with Crippen LogP contribution >= 0.6 is 0 Å². The highest BCUT2D eigenvalue weighted by molar-refractivity contribution is 5.46. The molecule has 3 nitrogen and oxygen atoms in total. The Hall–Kier alpha value is -0.570. The van der Waals surface area contributed by atoms with Crippen LogP contribution < -0.4 is 5.32 Å². The van der Waals surface area contributed by atoms with E-state index in [9.17, 15) is 4.79 Å². The fraction of sp³-hybridized carbons (Fsp3) is 0.833. The maximum Gasteiger partial charge on any atom is 0.210 e. The molecule has 1 atom stereocenters. The summed E-state index contributed by atoms with van der Waals surface area (Å²) in [6, 6.07) is 0. The molecule has 1 unspecified atom stereocenters. The highest BCUT2D eigenvalue weighted by Gasteiger charge is 2.12. The molecular weight excluding hydrogens is 116 g/mol. The van der Waals surface area contributed by atoms with Gasteiger partial charge in [-0.3, -0.25) is 10.1 Å². The number of nitrogens with one attached hydrogen (secondary N) is 1. The SMILES string of the molecule is CC1CNCN(C=O)C1. The predicted molar refractivity (Wildman–Crippen MR) is 34.8 cm³/mol. The number of amides is 1. The van der Waals surface area contributed by atoms with E-state index in [0.717, 1.165) is 19.5 Å². The molecular formula is C6H12N2O. The number of nitrogens with zero attached hydrogens (tertiary/aromatic N) is 1. The molecule has 0 aliphatic carbocycles. The summed E-state index contributed by atoms with van der Waals surface area (Å²) in [6.45, 7) is 4.78. The van der Waals surface area contributed by atoms with Gasteiger partial charge in [-0.25, -0.2) is 0 Å². The Kier molecular flexibility index (Phi) is 2.05. The second kappa shape index (κ2) is 2.82. The molecule has 1 aliphatic rings. The molecule has 0 radical (unpaired) electrons. The molecule has 0 spiro atoms. The average Bonchev–Trinajstić information content (AvgIpc) is 1.88. The van der Waals surface area contributed by atoms with Crippen molar-refractivity contribution in [2.24, 2.45) is 5.92 Å². The monoisotopic (exact) mass is 128 g/mol. The minimum atomic E-state index is 0.601. The van der Waals surface area contributed by atoms with E-state index < -0.39 is 0 Å². The van der Waals surface area contributed by atoms with Crippen molar-refractivity contribution < 1.29 is 4.79 Å². The van der Waals surface area contributed by atoms with Crippen LogP contribution in [0, 0.1) is 5.92 Å². The topological polar surface area (TPSA) is 32.3 Å². The van der Waals surface area contributed by atoms with E-state index in [1.54, 1.807) is 4.90 Å². The van der Waals surface area contributed by atoms with Crippen molar-refractivity contribution >= 4 is 6.41 Å². The summed E-state index contributed by atoms with van der Waals surface area (Å²) in [4.78, 5) is 11.9. The van der Waals surface area contributed by atoms with E-state index in [-0.39, 0.29) is 0 Å². The Morgan fingerprint density at radius 3 is 3.00 bits per heavy atom. The third-order valence-corrected chi connectivity index (χ3v) is 1.50. The van der Waals surface area contributed by atoms with E-state index in [1.165, 1.54) is 0 Å². The largest absolute Gasteiger partial charge is 0.332 e. The average molecular weight is 128 g/mol. The first kappa shape index (κ1) is 6.55. The van der Waals surface area contributed by atoms with Gasteiger partial charge in [0.1, 0.15) is 0 Å². The molecule has 1 amide bonds. The molecule has 1 fully saturated rings. The van der Waals surface area contributed by atoms with Gasteiger partial charge in [-0.15, -0.1) is 0 Å². The molecule has 0 bridgehead atoms. The van der Waals surface area contributed by atoms with Crippen molar-refractivity contribution in [1.29, 1.82) is 0 Å². The lowest BCUT2D eigenvalue weighted by Crippen LogP contribution is -2.45. The zero-order valence-corrected chi connectivity index (χ0v) is 5.63. The van der Waals surface area contributed by atoms with Crippen LogP contribution in [0.1, 0.15) is 6.92 Å². The molecule has 0 aromatic rings. The standard InChI is InChI=1S/C6H12N2O/c1-6-2-7-4-8(3-6)5-9/h5-7H,2-4H2,1H3. The van der Waals surface area contributed by atoms with Gasteiger partial charge in [0.05, 0.1) is 6.67 Å². The third-order valence-electron chi connectivity index (χ3n) is 1.50. The maximum absolute atomic E-state index is 10.2. The van der Waals surface area contributed by atoms with Crippen molar-refractivity contribution in [2.45, 2.75) is 6.92 Å². The first-order valence-electron chi connectivity index (χ1n) is 3.23. The van der Waals surface area contributed by atoms with Gasteiger partial charge in [-0.2, -0.15) is 0 Å². The Labute approximate surface area is 55.0 Å². The summed E-state index contributed by atoms with van der Waals surface area (Å²) < 4.78 is 0. The van der Waals surface area contributed by atoms with Crippen LogP contribution in [0.5, 0.6) is 0 Å². The molecule has 1 rings (SSSR count). The van der Waals surface area contributed by atoms with E-state index in [0.29, 0.717) is 12.6 Å². The van der Waals surface area contributed by atoms with Crippen LogP contribution in [0.15, 0.2) is 0 Å². The van der Waals surface area contributed by atoms with E-state index in [2.05, 4.69) is 12.2 Å². The van der Waals surface area contributed by atoms with Gasteiger partial charge in [0.25, 0.3) is 0 Å². The number of hydrogen-bond donors (Lipinski definition) is 1. The van der Waals surface area contributed by atoms with Crippen molar-refractivity contribution in [1.82, 2.24) is 10.2 Å². The van der Waals surface area contributed by atoms with Crippen LogP contribution in [0.3, 0.4) is 0 Å². The van der Waals surface area contributed by atoms with E-state index in [1.807, 2.05) is 0 Å². The summed E-state index contributed by atoms with van der Waals surface area (Å²) in [7, 11) is 0. The molecule has 1 saturated heterocycles.